The zero-order chi connectivity index (χ0) is 50.5. The number of carbonyl (C=O) groups is 3. The average molecular weight is 1060 g/mol. The maximum absolute atomic E-state index is 12.6. The minimum absolute atomic E-state index is 0.0219. The van der Waals surface area contributed by atoms with E-state index in [0.717, 1.165) is 12.4 Å². The monoisotopic (exact) mass is 1060 g/mol. The third-order valence-corrected chi connectivity index (χ3v) is 10.8. The van der Waals surface area contributed by atoms with E-state index in [-0.39, 0.29) is 48.7 Å². The van der Waals surface area contributed by atoms with Gasteiger partial charge in [0.1, 0.15) is 33.7 Å². The van der Waals surface area contributed by atoms with Crippen LogP contribution in [0.3, 0.4) is 0 Å². The predicted octanol–water partition coefficient (Wildman–Crippen LogP) is 9.39. The maximum atomic E-state index is 12.6. The van der Waals surface area contributed by atoms with Crippen molar-refractivity contribution in [2.45, 2.75) is 58.5 Å². The highest BCUT2D eigenvalue weighted by Gasteiger charge is 2.25. The van der Waals surface area contributed by atoms with Crippen LogP contribution in [-0.4, -0.2) is 85.8 Å². The summed E-state index contributed by atoms with van der Waals surface area (Å²) in [5.74, 6) is 1.90. The van der Waals surface area contributed by atoms with Gasteiger partial charge in [-0.05, 0) is 58.3 Å². The molecule has 2 saturated carbocycles. The standard InChI is InChI=1S/C18H19Cl2N2O3.C11H13NO4.C10H12Cl2N2O3.C5H4Cl2N2O/c1-22-8-13(19)12(14(20)9-22)5-16(23)15-6-17(18(24-2)7-21-15)25-10-11-3-4-11;1-15-10-5-12-8(11(13)14)4-9(10)16-6-7-2-3-7;1-10(2,3)17-9(15)13-8-6(11)4-14(16)5-7(8)12;6-3-1-9(10)2-4(7)5(3)8/h6-9,11H,3-5,10H2,1-2H3;4-5,7H,2-3,6H2,1H3,(H,13,14);4-5,16H,1-3H3;1-2,8,10H/q+1;;;. The number of nitrogens with one attached hydrogen (secondary N) is 1. The lowest BCUT2D eigenvalue weighted by Gasteiger charge is -2.17. The minimum Gasteiger partial charge on any atom is -0.491 e. The number of hydrogen-bond acceptors (Lipinski definition) is 13. The molecule has 0 unspecified atom stereocenters. The molecule has 7 rings (SSSR count). The Morgan fingerprint density at radius 3 is 1.57 bits per heavy atom. The fraction of sp³-hybridized carbons (Fsp3) is 0.364. The molecule has 5 aromatic heterocycles. The SMILES string of the molecule is CC(C)(C)OC(=O)N=c1c(Cl)cn(O)cc1Cl.COc1cnc(C(=O)Cc2c(Cl)c[n+](C)cc2Cl)cc1OCC1CC1.COc1cnc(C(=O)O)cc1OCC1CC1.N=c1c(Cl)cn(O)cc1Cl. The number of pyridine rings is 5. The van der Waals surface area contributed by atoms with Gasteiger partial charge < -0.3 is 39.2 Å². The van der Waals surface area contributed by atoms with Crippen molar-refractivity contribution in [3.8, 4) is 23.0 Å². The number of carboxylic acids is 1. The van der Waals surface area contributed by atoms with Crippen molar-refractivity contribution in [3.63, 3.8) is 0 Å². The van der Waals surface area contributed by atoms with Gasteiger partial charge >= 0.3 is 12.1 Å². The zero-order valence-electron chi connectivity index (χ0n) is 37.4. The van der Waals surface area contributed by atoms with Crippen molar-refractivity contribution in [2.75, 3.05) is 27.4 Å². The van der Waals surface area contributed by atoms with E-state index in [2.05, 4.69) is 15.0 Å². The largest absolute Gasteiger partial charge is 0.491 e. The molecule has 1 amide bonds. The number of halogens is 6. The molecule has 0 radical (unpaired) electrons. The number of carboxylic acid groups (broad SMARTS) is 1. The van der Waals surface area contributed by atoms with E-state index < -0.39 is 17.7 Å². The molecule has 18 nitrogen and oxygen atoms in total. The molecule has 2 aliphatic rings. The van der Waals surface area contributed by atoms with Crippen LogP contribution in [-0.2, 0) is 18.2 Å². The van der Waals surface area contributed by atoms with Gasteiger partial charge in [-0.2, -0.15) is 14.5 Å². The smallest absolute Gasteiger partial charge is 0.434 e. The van der Waals surface area contributed by atoms with Crippen LogP contribution < -0.4 is 34.2 Å². The first kappa shape index (κ1) is 55.1. The van der Waals surface area contributed by atoms with Crippen LogP contribution in [0.4, 0.5) is 4.79 Å². The van der Waals surface area contributed by atoms with Gasteiger partial charge in [-0.3, -0.25) is 10.2 Å². The van der Waals surface area contributed by atoms with Crippen LogP contribution in [0.1, 0.15) is 73.0 Å². The van der Waals surface area contributed by atoms with E-state index >= 15 is 0 Å². The first-order valence-corrected chi connectivity index (χ1v) is 22.5. The third kappa shape index (κ3) is 17.9. The Morgan fingerprint density at radius 2 is 1.16 bits per heavy atom. The van der Waals surface area contributed by atoms with E-state index in [4.69, 9.17) is 114 Å². The molecule has 5 heterocycles. The fourth-order valence-electron chi connectivity index (χ4n) is 5.22. The lowest BCUT2D eigenvalue weighted by molar-refractivity contribution is -0.671. The summed E-state index contributed by atoms with van der Waals surface area (Å²) in [7, 11) is 4.87. The normalized spacial score (nSPS) is 12.6. The van der Waals surface area contributed by atoms with Gasteiger partial charge in [-0.1, -0.05) is 69.6 Å². The molecule has 24 heteroatoms. The summed E-state index contributed by atoms with van der Waals surface area (Å²) in [6.07, 6.45) is 15.0. The summed E-state index contributed by atoms with van der Waals surface area (Å²) in [5, 5.41) is 35.2. The topological polar surface area (TPSA) is 234 Å². The van der Waals surface area contributed by atoms with Crippen LogP contribution in [0.15, 0.2) is 66.7 Å². The number of ether oxygens (including phenoxy) is 5. The number of hydrogen-bond donors (Lipinski definition) is 4. The van der Waals surface area contributed by atoms with E-state index in [9.17, 15) is 14.4 Å². The Bertz CT molecular complexity index is 2670. The highest BCUT2D eigenvalue weighted by atomic mass is 35.5. The fourth-order valence-corrected chi connectivity index (χ4v) is 6.90. The molecule has 366 valence electrons. The van der Waals surface area contributed by atoms with Gasteiger partial charge in [-0.15, -0.1) is 0 Å². The Kier molecular flexibility index (Phi) is 20.4. The number of aromatic nitrogens is 5. The molecule has 4 N–H and O–H groups in total. The molecule has 0 saturated heterocycles. The lowest BCUT2D eigenvalue weighted by atomic mass is 10.1. The molecule has 0 aromatic carbocycles. The van der Waals surface area contributed by atoms with Crippen molar-refractivity contribution >= 4 is 87.5 Å². The van der Waals surface area contributed by atoms with Crippen LogP contribution in [0, 0.1) is 17.2 Å². The van der Waals surface area contributed by atoms with Crippen molar-refractivity contribution in [3.05, 3.63) is 120 Å². The molecule has 2 fully saturated rings. The number of aromatic carboxylic acids is 1. The number of ketones is 1. The lowest BCUT2D eigenvalue weighted by Crippen LogP contribution is -2.27. The first-order chi connectivity index (χ1) is 32.0. The average Bonchev–Trinajstić information content (AvgIpc) is 4.20. The number of aryl methyl sites for hydroxylation is 1. The number of methoxy groups -OCH3 is 2. The van der Waals surface area contributed by atoms with Crippen LogP contribution >= 0.6 is 69.6 Å². The molecule has 0 aliphatic heterocycles. The highest BCUT2D eigenvalue weighted by Crippen LogP contribution is 2.34. The maximum Gasteiger partial charge on any atom is 0.434 e. The molecule has 0 atom stereocenters. The molecular formula is C44H48Cl6N7O11+. The Morgan fingerprint density at radius 1 is 0.735 bits per heavy atom. The van der Waals surface area contributed by atoms with Crippen LogP contribution in [0.5, 0.6) is 23.0 Å². The molecular weight excluding hydrogens is 1020 g/mol. The van der Waals surface area contributed by atoms with Gasteiger partial charge in [0.15, 0.2) is 46.9 Å². The Hall–Kier alpha value is -5.50. The second-order valence-electron chi connectivity index (χ2n) is 15.9. The number of amides is 1. The van der Waals surface area contributed by atoms with Gasteiger partial charge in [0, 0.05) is 24.1 Å². The molecule has 68 heavy (non-hydrogen) atoms. The summed E-state index contributed by atoms with van der Waals surface area (Å²) in [5.41, 5.74) is 0.202. The van der Waals surface area contributed by atoms with Crippen molar-refractivity contribution in [2.24, 2.45) is 23.9 Å². The van der Waals surface area contributed by atoms with Gasteiger partial charge in [0.05, 0.1) is 90.1 Å². The zero-order valence-corrected chi connectivity index (χ0v) is 42.0. The predicted molar refractivity (Wildman–Crippen MR) is 252 cm³/mol. The van der Waals surface area contributed by atoms with E-state index in [1.54, 1.807) is 50.9 Å². The summed E-state index contributed by atoms with van der Waals surface area (Å²) in [6, 6.07) is 3.01. The molecule has 0 bridgehead atoms. The molecule has 2 aliphatic carbocycles. The Balaban J connectivity index is 0.000000207. The number of rotatable bonds is 12. The summed E-state index contributed by atoms with van der Waals surface area (Å²) in [4.78, 5) is 46.4. The Labute approximate surface area is 420 Å². The molecule has 0 spiro atoms. The van der Waals surface area contributed by atoms with E-state index in [1.165, 1.54) is 63.6 Å². The summed E-state index contributed by atoms with van der Waals surface area (Å²) < 4.78 is 29.7. The van der Waals surface area contributed by atoms with Gasteiger partial charge in [0.2, 0.25) is 0 Å². The number of carbonyl (C=O) groups excluding carboxylic acids is 2. The second kappa shape index (κ2) is 25.2. The number of Topliss-reactive ketones (excluding diaryl/α,β-unsaturated/α-hetero) is 1. The van der Waals surface area contributed by atoms with Crippen molar-refractivity contribution in [1.29, 1.82) is 5.41 Å². The summed E-state index contributed by atoms with van der Waals surface area (Å²) >= 11 is 34.9. The van der Waals surface area contributed by atoms with Gasteiger partial charge in [0.25, 0.3) is 0 Å². The molecule has 5 aromatic rings. The third-order valence-electron chi connectivity index (χ3n) is 9.01. The van der Waals surface area contributed by atoms with Crippen LogP contribution in [0.25, 0.3) is 0 Å². The highest BCUT2D eigenvalue weighted by molar-refractivity contribution is 6.36. The summed E-state index contributed by atoms with van der Waals surface area (Å²) in [6.45, 7) is 6.39. The quantitative estimate of drug-likeness (QED) is 0.0519. The first-order valence-electron chi connectivity index (χ1n) is 20.3. The van der Waals surface area contributed by atoms with E-state index in [0.29, 0.717) is 78.8 Å². The van der Waals surface area contributed by atoms with E-state index in [1.807, 2.05) is 7.05 Å². The minimum atomic E-state index is -1.07. The second-order valence-corrected chi connectivity index (χ2v) is 18.4. The number of nitrogens with zero attached hydrogens (tertiary/aromatic N) is 6. The van der Waals surface area contributed by atoms with Crippen molar-refractivity contribution < 1.29 is 58.2 Å². The van der Waals surface area contributed by atoms with Crippen molar-refractivity contribution in [1.82, 2.24) is 19.4 Å². The van der Waals surface area contributed by atoms with Crippen LogP contribution in [0.2, 0.25) is 30.1 Å². The van der Waals surface area contributed by atoms with Gasteiger partial charge in [-0.25, -0.2) is 24.1 Å².